The number of rotatable bonds is 3. The van der Waals surface area contributed by atoms with Crippen LogP contribution in [-0.4, -0.2) is 45.6 Å². The Morgan fingerprint density at radius 1 is 1.03 bits per heavy atom. The molecule has 1 aliphatic rings. The van der Waals surface area contributed by atoms with Gasteiger partial charge in [-0.1, -0.05) is 0 Å². The quantitative estimate of drug-likeness (QED) is 0.628. The molecule has 1 fully saturated rings. The van der Waals surface area contributed by atoms with Crippen LogP contribution < -0.4 is 10.3 Å². The van der Waals surface area contributed by atoms with Crippen molar-refractivity contribution in [2.24, 2.45) is 0 Å². The highest BCUT2D eigenvalue weighted by Crippen LogP contribution is 2.42. The second-order valence-corrected chi connectivity index (χ2v) is 6.95. The van der Waals surface area contributed by atoms with Gasteiger partial charge in [0.2, 0.25) is 5.43 Å². The minimum atomic E-state index is -4.32. The molecule has 162 valence electrons. The Hall–Kier alpha value is -3.57. The predicted octanol–water partition coefficient (Wildman–Crippen LogP) is 3.45. The van der Waals surface area contributed by atoms with Gasteiger partial charge in [-0.25, -0.2) is 18.6 Å². The number of aromatic nitrogens is 2. The van der Waals surface area contributed by atoms with Gasteiger partial charge in [-0.05, 0) is 24.3 Å². The van der Waals surface area contributed by atoms with Crippen LogP contribution in [0.1, 0.15) is 10.4 Å². The molecule has 1 N–H and O–H groups in total. The molecule has 3 aromatic rings. The second kappa shape index (κ2) is 6.72. The smallest absolute Gasteiger partial charge is 0.341 e. The highest BCUT2D eigenvalue weighted by atomic mass is 19.3. The topological polar surface area (TPSA) is 75.4 Å². The van der Waals surface area contributed by atoms with Crippen LogP contribution in [0.4, 0.5) is 32.2 Å². The summed E-state index contributed by atoms with van der Waals surface area (Å²) in [6.45, 7) is -2.69. The van der Waals surface area contributed by atoms with E-state index in [1.165, 1.54) is 0 Å². The van der Waals surface area contributed by atoms with Gasteiger partial charge >= 0.3 is 17.8 Å². The summed E-state index contributed by atoms with van der Waals surface area (Å²) in [5.74, 6) is -12.7. The molecule has 0 unspecified atom stereocenters. The third kappa shape index (κ3) is 3.27. The zero-order valence-electron chi connectivity index (χ0n) is 15.3. The largest absolute Gasteiger partial charge is 0.477 e. The van der Waals surface area contributed by atoms with Crippen molar-refractivity contribution >= 4 is 22.8 Å². The minimum absolute atomic E-state index is 0.329. The monoisotopic (exact) mass is 443 g/mol. The Kier molecular flexibility index (Phi) is 4.49. The molecule has 31 heavy (non-hydrogen) atoms. The van der Waals surface area contributed by atoms with Gasteiger partial charge in [0.1, 0.15) is 23.0 Å². The van der Waals surface area contributed by atoms with E-state index in [0.717, 1.165) is 35.0 Å². The van der Waals surface area contributed by atoms with Crippen molar-refractivity contribution < 1.29 is 36.2 Å². The fourth-order valence-corrected chi connectivity index (χ4v) is 3.31. The molecule has 1 saturated heterocycles. The van der Waals surface area contributed by atoms with E-state index in [2.05, 4.69) is 4.98 Å². The Morgan fingerprint density at radius 3 is 2.26 bits per heavy atom. The number of nitrogens with zero attached hydrogens (tertiary/aromatic N) is 3. The maximum Gasteiger partial charge on any atom is 0.341 e. The molecule has 2 aromatic heterocycles. The van der Waals surface area contributed by atoms with Crippen molar-refractivity contribution in [3.63, 3.8) is 0 Å². The summed E-state index contributed by atoms with van der Waals surface area (Å²) in [7, 11) is 0. The number of pyridine rings is 2. The van der Waals surface area contributed by atoms with E-state index >= 15 is 0 Å². The average Bonchev–Trinajstić information content (AvgIpc) is 2.89. The number of carboxylic acids is 1. The van der Waals surface area contributed by atoms with Gasteiger partial charge < -0.3 is 10.0 Å². The second-order valence-electron chi connectivity index (χ2n) is 6.95. The molecule has 0 saturated carbocycles. The minimum Gasteiger partial charge on any atom is -0.477 e. The molecule has 6 nitrogen and oxygen atoms in total. The van der Waals surface area contributed by atoms with Gasteiger partial charge in [-0.2, -0.15) is 17.6 Å². The van der Waals surface area contributed by atoms with Crippen LogP contribution >= 0.6 is 0 Å². The molecule has 12 heteroatoms. The highest BCUT2D eigenvalue weighted by molar-refractivity contribution is 5.92. The number of anilines is 1. The number of fused-ring (bicyclic) bond motifs is 1. The fraction of sp³-hybridized carbons (Fsp3) is 0.211. The zero-order valence-corrected chi connectivity index (χ0v) is 15.3. The summed E-state index contributed by atoms with van der Waals surface area (Å²) in [5, 5.41) is 8.96. The molecule has 0 spiro atoms. The predicted molar refractivity (Wildman–Crippen MR) is 96.3 cm³/mol. The first-order valence-corrected chi connectivity index (χ1v) is 8.67. The lowest BCUT2D eigenvalue weighted by molar-refractivity contribution is -0.172. The lowest BCUT2D eigenvalue weighted by Crippen LogP contribution is -2.38. The fourth-order valence-electron chi connectivity index (χ4n) is 3.31. The summed E-state index contributed by atoms with van der Waals surface area (Å²) >= 11 is 0. The first-order valence-electron chi connectivity index (χ1n) is 8.67. The molecule has 0 radical (unpaired) electrons. The van der Waals surface area contributed by atoms with Crippen LogP contribution in [0.15, 0.2) is 41.3 Å². The standard InChI is InChI=1S/C19H11F6N3O3/c20-9-1-3-13(12(21)5-9)28-6-11(17(30)31)15(29)10-2-4-14(26-16(10)28)27-7-18(22,23)19(24,25)8-27/h1-6H,7-8H2,(H,30,31). The van der Waals surface area contributed by atoms with Gasteiger partial charge in [0, 0.05) is 12.3 Å². The number of carbonyl (C=O) groups is 1. The summed E-state index contributed by atoms with van der Waals surface area (Å²) in [5.41, 5.74) is -2.53. The Bertz CT molecular complexity index is 1270. The molecule has 0 aliphatic carbocycles. The third-order valence-electron chi connectivity index (χ3n) is 4.87. The van der Waals surface area contributed by atoms with Crippen molar-refractivity contribution in [2.75, 3.05) is 18.0 Å². The number of hydrogen-bond acceptors (Lipinski definition) is 4. The summed E-state index contributed by atoms with van der Waals surface area (Å²) in [6, 6.07) is 4.36. The SMILES string of the molecule is O=C(O)c1cn(-c2ccc(F)cc2F)c2nc(N3CC(F)(F)C(F)(F)C3)ccc2c1=O. The Morgan fingerprint density at radius 2 is 1.68 bits per heavy atom. The summed E-state index contributed by atoms with van der Waals surface area (Å²) < 4.78 is 82.9. The van der Waals surface area contributed by atoms with Crippen molar-refractivity contribution in [1.29, 1.82) is 0 Å². The number of alkyl halides is 4. The average molecular weight is 443 g/mol. The van der Waals surface area contributed by atoms with E-state index in [0.29, 0.717) is 11.0 Å². The number of carboxylic acid groups (broad SMARTS) is 1. The van der Waals surface area contributed by atoms with E-state index in [1.54, 1.807) is 0 Å². The zero-order chi connectivity index (χ0) is 22.7. The molecule has 0 bridgehead atoms. The van der Waals surface area contributed by atoms with Crippen molar-refractivity contribution in [3.8, 4) is 5.69 Å². The lowest BCUT2D eigenvalue weighted by Gasteiger charge is -2.18. The molecule has 3 heterocycles. The first kappa shape index (κ1) is 20.7. The highest BCUT2D eigenvalue weighted by Gasteiger charge is 2.63. The molecule has 1 aliphatic heterocycles. The maximum atomic E-state index is 14.4. The first-order chi connectivity index (χ1) is 14.4. The van der Waals surface area contributed by atoms with Crippen LogP contribution in [0.25, 0.3) is 16.7 Å². The summed E-state index contributed by atoms with van der Waals surface area (Å²) in [4.78, 5) is 28.5. The number of halogens is 6. The van der Waals surface area contributed by atoms with Gasteiger partial charge in [0.25, 0.3) is 0 Å². The van der Waals surface area contributed by atoms with E-state index in [-0.39, 0.29) is 16.9 Å². The van der Waals surface area contributed by atoms with Crippen molar-refractivity contribution in [1.82, 2.24) is 9.55 Å². The molecule has 0 amide bonds. The van der Waals surface area contributed by atoms with Crippen LogP contribution in [0.3, 0.4) is 0 Å². The van der Waals surface area contributed by atoms with Gasteiger partial charge in [0.05, 0.1) is 24.2 Å². The maximum absolute atomic E-state index is 14.4. The van der Waals surface area contributed by atoms with Crippen molar-refractivity contribution in [2.45, 2.75) is 11.8 Å². The van der Waals surface area contributed by atoms with E-state index < -0.39 is 59.2 Å². The molecule has 4 rings (SSSR count). The molecular weight excluding hydrogens is 432 g/mol. The molecule has 1 aromatic carbocycles. The van der Waals surface area contributed by atoms with Crippen molar-refractivity contribution in [3.05, 3.63) is 63.9 Å². The summed E-state index contributed by atoms with van der Waals surface area (Å²) in [6.07, 6.45) is 0.743. The lowest BCUT2D eigenvalue weighted by atomic mass is 10.1. The Balaban J connectivity index is 1.97. The normalized spacial score (nSPS) is 17.3. The molecular formula is C19H11F6N3O3. The number of benzene rings is 1. The van der Waals surface area contributed by atoms with Gasteiger partial charge in [-0.3, -0.25) is 9.36 Å². The van der Waals surface area contributed by atoms with Crippen LogP contribution in [0.2, 0.25) is 0 Å². The number of aromatic carboxylic acids is 1. The number of hydrogen-bond donors (Lipinski definition) is 1. The molecule has 0 atom stereocenters. The Labute approximate surface area is 169 Å². The third-order valence-corrected chi connectivity index (χ3v) is 4.87. The van der Waals surface area contributed by atoms with Crippen LogP contribution in [0, 0.1) is 11.6 Å². The van der Waals surface area contributed by atoms with Crippen LogP contribution in [-0.2, 0) is 0 Å². The van der Waals surface area contributed by atoms with E-state index in [4.69, 9.17) is 0 Å². The van der Waals surface area contributed by atoms with Gasteiger partial charge in [-0.15, -0.1) is 0 Å². The van der Waals surface area contributed by atoms with Crippen LogP contribution in [0.5, 0.6) is 0 Å². The van der Waals surface area contributed by atoms with E-state index in [9.17, 15) is 41.0 Å². The van der Waals surface area contributed by atoms with E-state index in [1.807, 2.05) is 0 Å². The van der Waals surface area contributed by atoms with Gasteiger partial charge in [0.15, 0.2) is 5.65 Å².